The molecule has 0 aliphatic rings. The van der Waals surface area contributed by atoms with Gasteiger partial charge >= 0.3 is 18.3 Å². The second-order valence-corrected chi connectivity index (χ2v) is 8.65. The third kappa shape index (κ3) is 5.43. The number of rotatable bonds is 8. The van der Waals surface area contributed by atoms with Crippen molar-refractivity contribution in [2.24, 2.45) is 7.05 Å². The molecule has 1 N–H and O–H groups in total. The van der Waals surface area contributed by atoms with Gasteiger partial charge in [-0.15, -0.1) is 5.10 Å². The van der Waals surface area contributed by atoms with Crippen molar-refractivity contribution in [1.82, 2.24) is 24.8 Å². The standard InChI is InChI=1S/C24H22F6N6O2/c1-3-8-36-19-7-5-4-6-17(19)18(20(36)21(37)38)13-35(22-31-33-34(2)32-22)12-14-9-15(23(25,26)27)11-16(10-14)24(28,29)30/h4-7,9-11H,3,8,12-13H2,1-2H3,(H,37,38). The van der Waals surface area contributed by atoms with Gasteiger partial charge in [0.2, 0.25) is 0 Å². The van der Waals surface area contributed by atoms with Gasteiger partial charge in [-0.1, -0.05) is 30.2 Å². The molecule has 0 radical (unpaired) electrons. The third-order valence-electron chi connectivity index (χ3n) is 5.88. The Hall–Kier alpha value is -4.10. The number of aromatic carboxylic acids is 1. The highest BCUT2D eigenvalue weighted by Gasteiger charge is 2.37. The fourth-order valence-corrected chi connectivity index (χ4v) is 4.36. The first-order valence-corrected chi connectivity index (χ1v) is 11.4. The van der Waals surface area contributed by atoms with Crippen LogP contribution in [0.4, 0.5) is 32.3 Å². The second kappa shape index (κ2) is 9.99. The number of fused-ring (bicyclic) bond motifs is 1. The van der Waals surface area contributed by atoms with Gasteiger partial charge in [-0.3, -0.25) is 0 Å². The van der Waals surface area contributed by atoms with E-state index in [1.165, 1.54) is 11.9 Å². The molecular formula is C24H22F6N6O2. The number of carboxylic acids is 1. The summed E-state index contributed by atoms with van der Waals surface area (Å²) in [6.45, 7) is 1.56. The summed E-state index contributed by atoms with van der Waals surface area (Å²) in [6, 6.07) is 8.20. The first-order valence-electron chi connectivity index (χ1n) is 11.4. The minimum absolute atomic E-state index is 0.0398. The quantitative estimate of drug-likeness (QED) is 0.296. The number of aromatic nitrogens is 5. The Balaban J connectivity index is 1.86. The van der Waals surface area contributed by atoms with E-state index in [2.05, 4.69) is 15.4 Å². The van der Waals surface area contributed by atoms with Crippen LogP contribution in [0.5, 0.6) is 0 Å². The Morgan fingerprint density at radius 3 is 2.16 bits per heavy atom. The molecule has 202 valence electrons. The number of hydrogen-bond acceptors (Lipinski definition) is 5. The van der Waals surface area contributed by atoms with Crippen LogP contribution in [0.1, 0.15) is 46.1 Å². The summed E-state index contributed by atoms with van der Waals surface area (Å²) < 4.78 is 82.3. The Kier molecular flexibility index (Phi) is 7.08. The van der Waals surface area contributed by atoms with Crippen LogP contribution >= 0.6 is 0 Å². The van der Waals surface area contributed by atoms with E-state index >= 15 is 0 Å². The summed E-state index contributed by atoms with van der Waals surface area (Å²) in [5.41, 5.74) is -2.32. The predicted octanol–water partition coefficient (Wildman–Crippen LogP) is 5.52. The molecule has 2 aromatic carbocycles. The van der Waals surface area contributed by atoms with Crippen molar-refractivity contribution < 1.29 is 36.2 Å². The van der Waals surface area contributed by atoms with E-state index in [0.717, 1.165) is 4.80 Å². The number of carboxylic acid groups (broad SMARTS) is 1. The largest absolute Gasteiger partial charge is 0.477 e. The van der Waals surface area contributed by atoms with E-state index < -0.39 is 36.0 Å². The highest BCUT2D eigenvalue weighted by Crippen LogP contribution is 2.37. The number of halogens is 6. The molecule has 4 rings (SSSR count). The van der Waals surface area contributed by atoms with Crippen molar-refractivity contribution >= 4 is 22.8 Å². The van der Waals surface area contributed by atoms with E-state index in [1.807, 2.05) is 6.92 Å². The number of hydrogen-bond donors (Lipinski definition) is 1. The molecule has 0 unspecified atom stereocenters. The van der Waals surface area contributed by atoms with Crippen molar-refractivity contribution in [3.8, 4) is 0 Å². The molecule has 2 heterocycles. The molecule has 0 spiro atoms. The molecule has 0 saturated heterocycles. The Labute approximate surface area is 212 Å². The first-order chi connectivity index (χ1) is 17.8. The zero-order chi connectivity index (χ0) is 27.8. The maximum Gasteiger partial charge on any atom is 0.416 e. The SMILES string of the molecule is CCCn1c(C(=O)O)c(CN(Cc2cc(C(F)(F)F)cc(C(F)(F)F)c2)c2nnn(C)n2)c2ccccc21. The molecule has 0 aliphatic carbocycles. The van der Waals surface area contributed by atoms with Crippen LogP contribution in [0.2, 0.25) is 0 Å². The zero-order valence-electron chi connectivity index (χ0n) is 20.2. The predicted molar refractivity (Wildman–Crippen MR) is 124 cm³/mol. The molecule has 2 aromatic heterocycles. The number of anilines is 1. The van der Waals surface area contributed by atoms with Crippen LogP contribution in [0.25, 0.3) is 10.9 Å². The lowest BCUT2D eigenvalue weighted by atomic mass is 10.0. The molecule has 0 fully saturated rings. The van der Waals surface area contributed by atoms with Crippen LogP contribution in [-0.4, -0.2) is 35.9 Å². The van der Waals surface area contributed by atoms with Gasteiger partial charge in [-0.05, 0) is 41.5 Å². The van der Waals surface area contributed by atoms with E-state index in [9.17, 15) is 36.2 Å². The minimum Gasteiger partial charge on any atom is -0.477 e. The van der Waals surface area contributed by atoms with E-state index in [0.29, 0.717) is 41.6 Å². The number of benzene rings is 2. The number of tetrazole rings is 1. The molecule has 14 heteroatoms. The molecule has 38 heavy (non-hydrogen) atoms. The summed E-state index contributed by atoms with van der Waals surface area (Å²) in [6.07, 6.45) is -9.41. The van der Waals surface area contributed by atoms with Gasteiger partial charge in [-0.2, -0.15) is 31.1 Å². The van der Waals surface area contributed by atoms with Crippen LogP contribution in [0.3, 0.4) is 0 Å². The van der Waals surface area contributed by atoms with E-state index in [1.54, 1.807) is 28.8 Å². The van der Waals surface area contributed by atoms with Crippen LogP contribution in [0, 0.1) is 0 Å². The van der Waals surface area contributed by atoms with Gasteiger partial charge in [0.1, 0.15) is 5.69 Å². The summed E-state index contributed by atoms with van der Waals surface area (Å²) in [5.74, 6) is -1.32. The fourth-order valence-electron chi connectivity index (χ4n) is 4.36. The lowest BCUT2D eigenvalue weighted by molar-refractivity contribution is -0.143. The third-order valence-corrected chi connectivity index (χ3v) is 5.88. The van der Waals surface area contributed by atoms with Crippen molar-refractivity contribution in [1.29, 1.82) is 0 Å². The molecule has 0 atom stereocenters. The van der Waals surface area contributed by atoms with Gasteiger partial charge in [0.05, 0.1) is 18.2 Å². The molecule has 0 amide bonds. The molecular weight excluding hydrogens is 518 g/mol. The van der Waals surface area contributed by atoms with E-state index in [-0.39, 0.29) is 29.8 Å². The summed E-state index contributed by atoms with van der Waals surface area (Å²) in [7, 11) is 1.44. The lowest BCUT2D eigenvalue weighted by Crippen LogP contribution is -2.26. The van der Waals surface area contributed by atoms with Crippen molar-refractivity contribution in [2.45, 2.75) is 45.3 Å². The van der Waals surface area contributed by atoms with Gasteiger partial charge in [0.15, 0.2) is 0 Å². The highest BCUT2D eigenvalue weighted by atomic mass is 19.4. The van der Waals surface area contributed by atoms with Gasteiger partial charge < -0.3 is 14.6 Å². The summed E-state index contributed by atoms with van der Waals surface area (Å²) >= 11 is 0. The normalized spacial score (nSPS) is 12.3. The summed E-state index contributed by atoms with van der Waals surface area (Å²) in [5, 5.41) is 22.3. The minimum atomic E-state index is -5.02. The molecule has 0 saturated carbocycles. The monoisotopic (exact) mass is 540 g/mol. The Morgan fingerprint density at radius 2 is 1.63 bits per heavy atom. The number of carbonyl (C=O) groups is 1. The lowest BCUT2D eigenvalue weighted by Gasteiger charge is -2.23. The second-order valence-electron chi connectivity index (χ2n) is 8.65. The first kappa shape index (κ1) is 26.9. The van der Waals surface area contributed by atoms with Crippen LogP contribution < -0.4 is 4.90 Å². The van der Waals surface area contributed by atoms with Gasteiger partial charge in [-0.25, -0.2) is 4.79 Å². The summed E-state index contributed by atoms with van der Waals surface area (Å²) in [4.78, 5) is 14.7. The topological polar surface area (TPSA) is 89.1 Å². The zero-order valence-corrected chi connectivity index (χ0v) is 20.2. The van der Waals surface area contributed by atoms with Gasteiger partial charge in [0.25, 0.3) is 5.95 Å². The number of alkyl halides is 6. The Bertz CT molecular complexity index is 1440. The number of nitrogens with zero attached hydrogens (tertiary/aromatic N) is 6. The van der Waals surface area contributed by atoms with Crippen LogP contribution in [0.15, 0.2) is 42.5 Å². The van der Waals surface area contributed by atoms with E-state index in [4.69, 9.17) is 0 Å². The van der Waals surface area contributed by atoms with Crippen LogP contribution in [-0.2, 0) is 39.0 Å². The van der Waals surface area contributed by atoms with Crippen molar-refractivity contribution in [2.75, 3.05) is 4.90 Å². The average molecular weight is 540 g/mol. The smallest absolute Gasteiger partial charge is 0.416 e. The number of aryl methyl sites for hydroxylation is 2. The fraction of sp³-hybridized carbons (Fsp3) is 0.333. The van der Waals surface area contributed by atoms with Crippen molar-refractivity contribution in [3.63, 3.8) is 0 Å². The maximum absolute atomic E-state index is 13.5. The molecule has 0 bridgehead atoms. The molecule has 4 aromatic rings. The molecule has 8 nitrogen and oxygen atoms in total. The van der Waals surface area contributed by atoms with Crippen molar-refractivity contribution in [3.05, 3.63) is 70.4 Å². The Morgan fingerprint density at radius 1 is 1.00 bits per heavy atom. The highest BCUT2D eigenvalue weighted by molar-refractivity contribution is 5.98. The number of para-hydroxylation sites is 1. The van der Waals surface area contributed by atoms with Gasteiger partial charge in [0, 0.05) is 36.1 Å². The molecule has 0 aliphatic heterocycles. The maximum atomic E-state index is 13.5. The average Bonchev–Trinajstić information content (AvgIpc) is 3.39.